The second-order valence-electron chi connectivity index (χ2n) is 3.39. The van der Waals surface area contributed by atoms with E-state index in [2.05, 4.69) is 4.74 Å². The number of hydrogen-bond donors (Lipinski definition) is 2. The summed E-state index contributed by atoms with van der Waals surface area (Å²) in [7, 11) is -3.05. The van der Waals surface area contributed by atoms with Gasteiger partial charge in [0, 0.05) is 5.56 Å². The number of sulfonamides is 1. The van der Waals surface area contributed by atoms with Crippen LogP contribution in [0.1, 0.15) is 27.6 Å². The molecule has 18 heavy (non-hydrogen) atoms. The molecule has 98 valence electrons. The standard InChI is InChI=1S/C10H11NO6S/c1-6(12)7-3-8(10(13)17-2)5-9(4-7)18(15,16)11-14/h3-5,11,14H,1-2H3. The fourth-order valence-electron chi connectivity index (χ4n) is 1.25. The summed E-state index contributed by atoms with van der Waals surface area (Å²) >= 11 is 0. The number of hydrogen-bond acceptors (Lipinski definition) is 6. The van der Waals surface area contributed by atoms with Crippen LogP contribution in [0.2, 0.25) is 0 Å². The first-order valence-electron chi connectivity index (χ1n) is 4.72. The zero-order chi connectivity index (χ0) is 13.9. The van der Waals surface area contributed by atoms with Gasteiger partial charge >= 0.3 is 5.97 Å². The van der Waals surface area contributed by atoms with E-state index in [9.17, 15) is 18.0 Å². The Morgan fingerprint density at radius 2 is 1.78 bits per heavy atom. The number of Topliss-reactive ketones (excluding diaryl/α,β-unsaturated/α-hetero) is 1. The average Bonchev–Trinajstić information content (AvgIpc) is 2.37. The van der Waals surface area contributed by atoms with Gasteiger partial charge in [-0.1, -0.05) is 4.89 Å². The number of nitrogens with one attached hydrogen (secondary N) is 1. The number of esters is 1. The van der Waals surface area contributed by atoms with Gasteiger partial charge < -0.3 is 9.94 Å². The molecule has 0 atom stereocenters. The van der Waals surface area contributed by atoms with Gasteiger partial charge in [-0.05, 0) is 25.1 Å². The van der Waals surface area contributed by atoms with Crippen molar-refractivity contribution in [3.05, 3.63) is 29.3 Å². The Morgan fingerprint density at radius 1 is 1.22 bits per heavy atom. The Morgan fingerprint density at radius 3 is 2.22 bits per heavy atom. The third-order valence-corrected chi connectivity index (χ3v) is 3.26. The molecule has 0 saturated carbocycles. The summed E-state index contributed by atoms with van der Waals surface area (Å²) in [5.41, 5.74) is -0.0780. The Bertz CT molecular complexity index is 592. The molecule has 8 heteroatoms. The van der Waals surface area contributed by atoms with E-state index < -0.39 is 26.7 Å². The predicted octanol–water partition coefficient (Wildman–Crippen LogP) is 0.343. The average molecular weight is 273 g/mol. The smallest absolute Gasteiger partial charge is 0.337 e. The van der Waals surface area contributed by atoms with Crippen LogP contribution in [0.15, 0.2) is 23.1 Å². The molecule has 7 nitrogen and oxygen atoms in total. The van der Waals surface area contributed by atoms with E-state index in [0.717, 1.165) is 24.1 Å². The van der Waals surface area contributed by atoms with Gasteiger partial charge in [-0.2, -0.15) is 0 Å². The van der Waals surface area contributed by atoms with Gasteiger partial charge in [0.15, 0.2) is 5.78 Å². The number of rotatable bonds is 4. The number of ketones is 1. The van der Waals surface area contributed by atoms with Crippen molar-refractivity contribution in [2.45, 2.75) is 11.8 Å². The maximum Gasteiger partial charge on any atom is 0.337 e. The highest BCUT2D eigenvalue weighted by Crippen LogP contribution is 2.16. The van der Waals surface area contributed by atoms with Gasteiger partial charge in [0.1, 0.15) is 0 Å². The minimum absolute atomic E-state index is 0.0201. The van der Waals surface area contributed by atoms with E-state index in [-0.39, 0.29) is 11.1 Å². The van der Waals surface area contributed by atoms with Crippen LogP contribution in [-0.4, -0.2) is 32.5 Å². The van der Waals surface area contributed by atoms with Crippen LogP contribution < -0.4 is 4.89 Å². The summed E-state index contributed by atoms with van der Waals surface area (Å²) in [5, 5.41) is 8.52. The fourth-order valence-corrected chi connectivity index (χ4v) is 1.92. The molecule has 1 aromatic carbocycles. The van der Waals surface area contributed by atoms with Crippen LogP contribution in [-0.2, 0) is 14.8 Å². The molecular formula is C10H11NO6S. The van der Waals surface area contributed by atoms with Gasteiger partial charge in [-0.3, -0.25) is 4.79 Å². The molecule has 0 bridgehead atoms. The van der Waals surface area contributed by atoms with Crippen molar-refractivity contribution in [2.24, 2.45) is 0 Å². The van der Waals surface area contributed by atoms with Crippen LogP contribution in [0, 0.1) is 0 Å². The van der Waals surface area contributed by atoms with E-state index in [0.29, 0.717) is 0 Å². The first kappa shape index (κ1) is 14.3. The second kappa shape index (κ2) is 5.25. The quantitative estimate of drug-likeness (QED) is 0.465. The Hall–Kier alpha value is -1.77. The highest BCUT2D eigenvalue weighted by atomic mass is 32.2. The van der Waals surface area contributed by atoms with Crippen molar-refractivity contribution < 1.29 is 28.0 Å². The molecule has 2 N–H and O–H groups in total. The number of benzene rings is 1. The maximum atomic E-state index is 11.4. The normalized spacial score (nSPS) is 11.1. The van der Waals surface area contributed by atoms with Crippen molar-refractivity contribution in [1.82, 2.24) is 4.89 Å². The highest BCUT2D eigenvalue weighted by Gasteiger charge is 2.18. The summed E-state index contributed by atoms with van der Waals surface area (Å²) in [5.74, 6) is -1.21. The number of carbonyl (C=O) groups is 2. The molecule has 0 fully saturated rings. The maximum absolute atomic E-state index is 11.4. The predicted molar refractivity (Wildman–Crippen MR) is 59.9 cm³/mol. The summed E-state index contributed by atoms with van der Waals surface area (Å²) < 4.78 is 27.3. The Kier molecular flexibility index (Phi) is 4.17. The lowest BCUT2D eigenvalue weighted by Gasteiger charge is -2.06. The SMILES string of the molecule is COC(=O)c1cc(C(C)=O)cc(S(=O)(=O)NO)c1. The molecule has 0 aliphatic carbocycles. The van der Waals surface area contributed by atoms with E-state index in [1.807, 2.05) is 0 Å². The Balaban J connectivity index is 3.50. The summed E-state index contributed by atoms with van der Waals surface area (Å²) in [6, 6.07) is 3.26. The van der Waals surface area contributed by atoms with Gasteiger partial charge in [0.25, 0.3) is 10.0 Å². The van der Waals surface area contributed by atoms with Crippen LogP contribution in [0.25, 0.3) is 0 Å². The van der Waals surface area contributed by atoms with Gasteiger partial charge in [-0.15, -0.1) is 0 Å². The summed E-state index contributed by atoms with van der Waals surface area (Å²) in [6.45, 7) is 1.22. The molecular weight excluding hydrogens is 262 g/mol. The monoisotopic (exact) mass is 273 g/mol. The van der Waals surface area contributed by atoms with E-state index in [1.54, 1.807) is 0 Å². The molecule has 1 rings (SSSR count). The minimum atomic E-state index is -4.17. The molecule has 0 aromatic heterocycles. The lowest BCUT2D eigenvalue weighted by molar-refractivity contribution is 0.0600. The second-order valence-corrected chi connectivity index (χ2v) is 5.05. The van der Waals surface area contributed by atoms with Gasteiger partial charge in [-0.25, -0.2) is 13.2 Å². The Labute approximate surface area is 103 Å². The number of ether oxygens (including phenoxy) is 1. The highest BCUT2D eigenvalue weighted by molar-refractivity contribution is 7.89. The van der Waals surface area contributed by atoms with E-state index >= 15 is 0 Å². The lowest BCUT2D eigenvalue weighted by atomic mass is 10.1. The van der Waals surface area contributed by atoms with Crippen molar-refractivity contribution in [1.29, 1.82) is 0 Å². The fraction of sp³-hybridized carbons (Fsp3) is 0.200. The molecule has 0 radical (unpaired) electrons. The number of carbonyl (C=O) groups excluding carboxylic acids is 2. The summed E-state index contributed by atoms with van der Waals surface area (Å²) in [4.78, 5) is 23.3. The van der Waals surface area contributed by atoms with Crippen molar-refractivity contribution in [2.75, 3.05) is 7.11 Å². The zero-order valence-electron chi connectivity index (χ0n) is 9.63. The summed E-state index contributed by atoms with van der Waals surface area (Å²) in [6.07, 6.45) is 0. The molecule has 0 aliphatic rings. The van der Waals surface area contributed by atoms with Gasteiger partial charge in [0.2, 0.25) is 0 Å². The van der Waals surface area contributed by atoms with Crippen LogP contribution in [0.3, 0.4) is 0 Å². The van der Waals surface area contributed by atoms with Crippen LogP contribution in [0.4, 0.5) is 0 Å². The number of methoxy groups -OCH3 is 1. The molecule has 0 saturated heterocycles. The molecule has 0 spiro atoms. The molecule has 1 aromatic rings. The molecule has 0 aliphatic heterocycles. The van der Waals surface area contributed by atoms with E-state index in [1.165, 1.54) is 13.0 Å². The topological polar surface area (TPSA) is 110 Å². The molecule has 0 heterocycles. The largest absolute Gasteiger partial charge is 0.465 e. The molecule has 0 unspecified atom stereocenters. The third kappa shape index (κ3) is 2.92. The van der Waals surface area contributed by atoms with E-state index in [4.69, 9.17) is 5.21 Å². The minimum Gasteiger partial charge on any atom is -0.465 e. The van der Waals surface area contributed by atoms with Crippen molar-refractivity contribution >= 4 is 21.8 Å². The van der Waals surface area contributed by atoms with Crippen LogP contribution in [0.5, 0.6) is 0 Å². The first-order valence-corrected chi connectivity index (χ1v) is 6.20. The third-order valence-electron chi connectivity index (χ3n) is 2.16. The lowest BCUT2D eigenvalue weighted by Crippen LogP contribution is -2.20. The zero-order valence-corrected chi connectivity index (χ0v) is 10.4. The van der Waals surface area contributed by atoms with Crippen molar-refractivity contribution in [3.8, 4) is 0 Å². The molecule has 0 amide bonds. The van der Waals surface area contributed by atoms with Crippen LogP contribution >= 0.6 is 0 Å². The van der Waals surface area contributed by atoms with Gasteiger partial charge in [0.05, 0.1) is 17.6 Å². The first-order chi connectivity index (χ1) is 8.31. The van der Waals surface area contributed by atoms with Crippen molar-refractivity contribution in [3.63, 3.8) is 0 Å².